The molecule has 1 aliphatic rings. The molecule has 1 heterocycles. The van der Waals surface area contributed by atoms with Crippen LogP contribution in [0, 0.1) is 0 Å². The molecule has 2 heteroatoms. The monoisotopic (exact) mass is 217 g/mol. The summed E-state index contributed by atoms with van der Waals surface area (Å²) in [6.07, 6.45) is 3.46. The number of hydrogen-bond acceptors (Lipinski definition) is 2. The first kappa shape index (κ1) is 11.4. The second-order valence-corrected chi connectivity index (χ2v) is 4.40. The van der Waals surface area contributed by atoms with E-state index in [-0.39, 0.29) is 12.1 Å². The topological polar surface area (TPSA) is 23.5 Å². The minimum Gasteiger partial charge on any atom is -0.391 e. The molecule has 0 bridgehead atoms. The van der Waals surface area contributed by atoms with Gasteiger partial charge in [0, 0.05) is 19.1 Å². The number of nitrogens with zero attached hydrogens (tertiary/aromatic N) is 1. The molecule has 0 radical (unpaired) electrons. The first-order chi connectivity index (χ1) is 7.81. The van der Waals surface area contributed by atoms with Gasteiger partial charge in [0.05, 0.1) is 6.10 Å². The molecule has 0 amide bonds. The van der Waals surface area contributed by atoms with E-state index in [0.717, 1.165) is 25.9 Å². The molecule has 16 heavy (non-hydrogen) atoms. The van der Waals surface area contributed by atoms with Gasteiger partial charge in [0.25, 0.3) is 0 Å². The molecule has 0 saturated carbocycles. The maximum absolute atomic E-state index is 9.88. The highest BCUT2D eigenvalue weighted by atomic mass is 16.3. The number of likely N-dealkylation sites (tertiary alicyclic amines) is 1. The summed E-state index contributed by atoms with van der Waals surface area (Å²) in [7, 11) is 0. The number of benzene rings is 1. The fourth-order valence-corrected chi connectivity index (χ4v) is 2.39. The van der Waals surface area contributed by atoms with Crippen molar-refractivity contribution in [1.82, 2.24) is 4.90 Å². The van der Waals surface area contributed by atoms with E-state index in [0.29, 0.717) is 0 Å². The van der Waals surface area contributed by atoms with Crippen LogP contribution in [-0.4, -0.2) is 28.7 Å². The molecule has 1 aromatic carbocycles. The molecule has 2 nitrogen and oxygen atoms in total. The zero-order valence-corrected chi connectivity index (χ0v) is 9.55. The Balaban J connectivity index is 2.01. The van der Waals surface area contributed by atoms with E-state index in [4.69, 9.17) is 0 Å². The lowest BCUT2D eigenvalue weighted by Crippen LogP contribution is -2.34. The van der Waals surface area contributed by atoms with Crippen molar-refractivity contribution >= 4 is 0 Å². The Hall–Kier alpha value is -1.12. The minimum atomic E-state index is -0.193. The number of rotatable bonds is 4. The molecule has 0 spiro atoms. The summed E-state index contributed by atoms with van der Waals surface area (Å²) >= 11 is 0. The maximum Gasteiger partial charge on any atom is 0.0710 e. The first-order valence-electron chi connectivity index (χ1n) is 5.88. The Morgan fingerprint density at radius 2 is 2.12 bits per heavy atom. The summed E-state index contributed by atoms with van der Waals surface area (Å²) < 4.78 is 0. The van der Waals surface area contributed by atoms with Crippen molar-refractivity contribution in [3.8, 4) is 0 Å². The van der Waals surface area contributed by atoms with E-state index >= 15 is 0 Å². The van der Waals surface area contributed by atoms with Crippen LogP contribution in [0.1, 0.15) is 18.4 Å². The quantitative estimate of drug-likeness (QED) is 0.782. The molecule has 0 aromatic heterocycles. The van der Waals surface area contributed by atoms with Crippen LogP contribution >= 0.6 is 0 Å². The van der Waals surface area contributed by atoms with Crippen LogP contribution in [0.5, 0.6) is 0 Å². The Labute approximate surface area is 97.2 Å². The first-order valence-corrected chi connectivity index (χ1v) is 5.88. The Kier molecular flexibility index (Phi) is 3.75. The summed E-state index contributed by atoms with van der Waals surface area (Å²) in [4.78, 5) is 2.35. The van der Waals surface area contributed by atoms with Gasteiger partial charge in [-0.05, 0) is 18.4 Å². The van der Waals surface area contributed by atoms with Crippen LogP contribution in [0.3, 0.4) is 0 Å². The molecule has 1 aromatic rings. The summed E-state index contributed by atoms with van der Waals surface area (Å²) in [5, 5.41) is 9.88. The molecule has 2 atom stereocenters. The summed E-state index contributed by atoms with van der Waals surface area (Å²) in [5.74, 6) is 0. The highest BCUT2D eigenvalue weighted by Crippen LogP contribution is 2.23. The van der Waals surface area contributed by atoms with Gasteiger partial charge in [-0.2, -0.15) is 0 Å². The molecule has 1 aliphatic heterocycles. The van der Waals surface area contributed by atoms with Gasteiger partial charge in [0.1, 0.15) is 0 Å². The molecule has 1 fully saturated rings. The van der Waals surface area contributed by atoms with Gasteiger partial charge in [-0.25, -0.2) is 0 Å². The summed E-state index contributed by atoms with van der Waals surface area (Å²) in [6.45, 7) is 5.67. The second-order valence-electron chi connectivity index (χ2n) is 4.40. The lowest BCUT2D eigenvalue weighted by atomic mass is 10.1. The standard InChI is InChI=1S/C14H19NO/c1-2-6-13-14(16)9-10-15(13)11-12-7-4-3-5-8-12/h2-5,7-8,13-14,16H,1,6,9-11H2/t13-,14+/m1/s1. The SMILES string of the molecule is C=CC[C@@H]1[C@@H](O)CCN1Cc1ccccc1. The molecule has 1 N–H and O–H groups in total. The van der Waals surface area contributed by atoms with Crippen molar-refractivity contribution in [2.75, 3.05) is 6.54 Å². The fourth-order valence-electron chi connectivity index (χ4n) is 2.39. The smallest absolute Gasteiger partial charge is 0.0710 e. The largest absolute Gasteiger partial charge is 0.391 e. The third-order valence-electron chi connectivity index (χ3n) is 3.26. The zero-order valence-electron chi connectivity index (χ0n) is 9.55. The van der Waals surface area contributed by atoms with Gasteiger partial charge in [0.15, 0.2) is 0 Å². The van der Waals surface area contributed by atoms with Gasteiger partial charge in [-0.15, -0.1) is 6.58 Å². The molecule has 0 unspecified atom stereocenters. The van der Waals surface area contributed by atoms with Crippen LogP contribution < -0.4 is 0 Å². The number of hydrogen-bond donors (Lipinski definition) is 1. The predicted molar refractivity (Wildman–Crippen MR) is 66.1 cm³/mol. The Morgan fingerprint density at radius 1 is 1.38 bits per heavy atom. The second kappa shape index (κ2) is 5.28. The number of aliphatic hydroxyl groups excluding tert-OH is 1. The Bertz CT molecular complexity index is 336. The van der Waals surface area contributed by atoms with Crippen LogP contribution in [0.2, 0.25) is 0 Å². The van der Waals surface area contributed by atoms with Crippen LogP contribution in [0.25, 0.3) is 0 Å². The molecule has 1 saturated heterocycles. The average molecular weight is 217 g/mol. The molecular formula is C14H19NO. The van der Waals surface area contributed by atoms with Crippen LogP contribution in [0.4, 0.5) is 0 Å². The van der Waals surface area contributed by atoms with Crippen molar-refractivity contribution in [3.05, 3.63) is 48.6 Å². The van der Waals surface area contributed by atoms with Crippen molar-refractivity contribution in [2.45, 2.75) is 31.5 Å². The zero-order chi connectivity index (χ0) is 11.4. The van der Waals surface area contributed by atoms with E-state index in [1.165, 1.54) is 5.56 Å². The van der Waals surface area contributed by atoms with Gasteiger partial charge >= 0.3 is 0 Å². The maximum atomic E-state index is 9.88. The van der Waals surface area contributed by atoms with E-state index < -0.39 is 0 Å². The molecule has 0 aliphatic carbocycles. The van der Waals surface area contributed by atoms with Crippen molar-refractivity contribution in [2.24, 2.45) is 0 Å². The van der Waals surface area contributed by atoms with Gasteiger partial charge in [-0.3, -0.25) is 4.90 Å². The molecular weight excluding hydrogens is 198 g/mol. The fraction of sp³-hybridized carbons (Fsp3) is 0.429. The van der Waals surface area contributed by atoms with Crippen LogP contribution in [-0.2, 0) is 6.54 Å². The van der Waals surface area contributed by atoms with E-state index in [2.05, 4.69) is 35.7 Å². The Morgan fingerprint density at radius 3 is 2.81 bits per heavy atom. The van der Waals surface area contributed by atoms with E-state index in [9.17, 15) is 5.11 Å². The molecule has 86 valence electrons. The minimum absolute atomic E-state index is 0.193. The highest BCUT2D eigenvalue weighted by Gasteiger charge is 2.31. The average Bonchev–Trinajstić information content (AvgIpc) is 2.64. The third kappa shape index (κ3) is 2.52. The van der Waals surface area contributed by atoms with Crippen LogP contribution in [0.15, 0.2) is 43.0 Å². The van der Waals surface area contributed by atoms with Crippen molar-refractivity contribution < 1.29 is 5.11 Å². The van der Waals surface area contributed by atoms with Crippen molar-refractivity contribution in [3.63, 3.8) is 0 Å². The summed E-state index contributed by atoms with van der Waals surface area (Å²) in [6, 6.07) is 10.7. The lowest BCUT2D eigenvalue weighted by Gasteiger charge is -2.25. The summed E-state index contributed by atoms with van der Waals surface area (Å²) in [5.41, 5.74) is 1.31. The van der Waals surface area contributed by atoms with Gasteiger partial charge in [-0.1, -0.05) is 36.4 Å². The van der Waals surface area contributed by atoms with E-state index in [1.807, 2.05) is 12.1 Å². The molecule has 2 rings (SSSR count). The predicted octanol–water partition coefficient (Wildman–Crippen LogP) is 2.20. The normalized spacial score (nSPS) is 25.8. The lowest BCUT2D eigenvalue weighted by molar-refractivity contribution is 0.114. The van der Waals surface area contributed by atoms with E-state index in [1.54, 1.807) is 0 Å². The highest BCUT2D eigenvalue weighted by molar-refractivity contribution is 5.15. The number of aliphatic hydroxyl groups is 1. The van der Waals surface area contributed by atoms with Gasteiger partial charge < -0.3 is 5.11 Å². The van der Waals surface area contributed by atoms with Crippen molar-refractivity contribution in [1.29, 1.82) is 0 Å². The van der Waals surface area contributed by atoms with Gasteiger partial charge in [0.2, 0.25) is 0 Å². The third-order valence-corrected chi connectivity index (χ3v) is 3.26.